The third-order valence-corrected chi connectivity index (χ3v) is 8.02. The number of amides is 1. The number of rotatable bonds is 9. The summed E-state index contributed by atoms with van der Waals surface area (Å²) in [4.78, 5) is 30.5. The van der Waals surface area contributed by atoms with Gasteiger partial charge in [-0.05, 0) is 40.9 Å². The molecule has 1 N–H and O–H groups in total. The molecule has 0 bridgehead atoms. The van der Waals surface area contributed by atoms with E-state index in [1.165, 1.54) is 28.2 Å². The standard InChI is InChI=1S/C27H27ClN4O2S2/c1-2-23-26(34)30-27(35-18-22-10-6-7-11-24(28)36-22)32(31-23)17-25(33)29-16-19-12-14-21(15-13-19)20-8-4-3-5-9-20/h3-5,8-15H,2,6-7,16-18H2,1H3,(H,29,33). The van der Waals surface area contributed by atoms with E-state index in [0.717, 1.165) is 38.8 Å². The molecule has 9 heteroatoms. The van der Waals surface area contributed by atoms with Crippen LogP contribution in [0.25, 0.3) is 11.1 Å². The highest BCUT2D eigenvalue weighted by atomic mass is 35.5. The Kier molecular flexibility index (Phi) is 9.44. The van der Waals surface area contributed by atoms with Crippen molar-refractivity contribution >= 4 is 41.0 Å². The molecule has 1 aromatic heterocycles. The SMILES string of the molecule is CCc1nn(CC(=O)NCc2ccc(-c3ccccc3)cc2)c(SCC2=CCCC=C(Cl)S2)nc1=O. The molecule has 4 rings (SSSR count). The lowest BCUT2D eigenvalue weighted by Gasteiger charge is -2.13. The Morgan fingerprint density at radius 1 is 1.08 bits per heavy atom. The zero-order valence-electron chi connectivity index (χ0n) is 19.9. The van der Waals surface area contributed by atoms with Crippen LogP contribution in [-0.2, 0) is 24.3 Å². The van der Waals surface area contributed by atoms with Crippen molar-refractivity contribution in [3.63, 3.8) is 0 Å². The van der Waals surface area contributed by atoms with E-state index in [1.54, 1.807) is 0 Å². The average molecular weight is 539 g/mol. The van der Waals surface area contributed by atoms with Gasteiger partial charge in [-0.15, -0.1) is 0 Å². The van der Waals surface area contributed by atoms with E-state index < -0.39 is 0 Å². The smallest absolute Gasteiger partial charge is 0.295 e. The van der Waals surface area contributed by atoms with Crippen LogP contribution in [0.1, 0.15) is 31.0 Å². The number of carbonyl (C=O) groups excluding carboxylic acids is 1. The van der Waals surface area contributed by atoms with Crippen LogP contribution in [-0.4, -0.2) is 26.4 Å². The minimum absolute atomic E-state index is 0.0163. The van der Waals surface area contributed by atoms with Crippen molar-refractivity contribution in [2.45, 2.75) is 44.4 Å². The second kappa shape index (κ2) is 12.9. The number of hydrogen-bond donors (Lipinski definition) is 1. The number of hydrogen-bond acceptors (Lipinski definition) is 6. The number of aryl methyl sites for hydroxylation is 1. The van der Waals surface area contributed by atoms with Gasteiger partial charge in [0.1, 0.15) is 12.2 Å². The third-order valence-electron chi connectivity index (χ3n) is 5.50. The van der Waals surface area contributed by atoms with Crippen molar-refractivity contribution in [1.29, 1.82) is 0 Å². The normalized spacial score (nSPS) is 13.5. The van der Waals surface area contributed by atoms with Gasteiger partial charge >= 0.3 is 0 Å². The van der Waals surface area contributed by atoms with Gasteiger partial charge in [-0.25, -0.2) is 4.68 Å². The molecule has 0 fully saturated rings. The average Bonchev–Trinajstić information content (AvgIpc) is 3.11. The predicted octanol–water partition coefficient (Wildman–Crippen LogP) is 5.77. The lowest BCUT2D eigenvalue weighted by atomic mass is 10.0. The Bertz CT molecular complexity index is 1320. The van der Waals surface area contributed by atoms with Gasteiger partial charge in [0.15, 0.2) is 5.16 Å². The van der Waals surface area contributed by atoms with Gasteiger partial charge in [-0.3, -0.25) is 9.59 Å². The van der Waals surface area contributed by atoms with E-state index in [1.807, 2.05) is 55.5 Å². The first-order valence-corrected chi connectivity index (χ1v) is 13.9. The minimum Gasteiger partial charge on any atom is -0.350 e. The number of allylic oxidation sites excluding steroid dienone is 2. The quantitative estimate of drug-likeness (QED) is 0.349. The fourth-order valence-electron chi connectivity index (χ4n) is 3.58. The van der Waals surface area contributed by atoms with Gasteiger partial charge in [-0.2, -0.15) is 10.1 Å². The van der Waals surface area contributed by atoms with E-state index in [-0.39, 0.29) is 18.0 Å². The van der Waals surface area contributed by atoms with Crippen LogP contribution in [0.4, 0.5) is 0 Å². The second-order valence-corrected chi connectivity index (χ2v) is 10.9. The lowest BCUT2D eigenvalue weighted by Crippen LogP contribution is -2.31. The lowest BCUT2D eigenvalue weighted by molar-refractivity contribution is -0.122. The number of aromatic nitrogens is 3. The largest absolute Gasteiger partial charge is 0.350 e. The van der Waals surface area contributed by atoms with Gasteiger partial charge < -0.3 is 5.32 Å². The highest BCUT2D eigenvalue weighted by Gasteiger charge is 2.15. The van der Waals surface area contributed by atoms with Gasteiger partial charge in [-0.1, -0.05) is 109 Å². The molecule has 0 saturated carbocycles. The molecule has 0 radical (unpaired) electrons. The highest BCUT2D eigenvalue weighted by Crippen LogP contribution is 2.35. The van der Waals surface area contributed by atoms with Crippen LogP contribution in [0.2, 0.25) is 0 Å². The highest BCUT2D eigenvalue weighted by molar-refractivity contribution is 8.09. The molecule has 0 saturated heterocycles. The van der Waals surface area contributed by atoms with Crippen LogP contribution < -0.4 is 10.9 Å². The van der Waals surface area contributed by atoms with E-state index >= 15 is 0 Å². The van der Waals surface area contributed by atoms with Crippen molar-refractivity contribution in [1.82, 2.24) is 20.1 Å². The van der Waals surface area contributed by atoms with Crippen LogP contribution in [0, 0.1) is 0 Å². The third kappa shape index (κ3) is 7.35. The number of halogens is 1. The molecule has 0 unspecified atom stereocenters. The monoisotopic (exact) mass is 538 g/mol. The van der Waals surface area contributed by atoms with Gasteiger partial charge in [0.25, 0.3) is 5.56 Å². The molecule has 1 aliphatic heterocycles. The molecule has 36 heavy (non-hydrogen) atoms. The first kappa shape index (κ1) is 26.3. The van der Waals surface area contributed by atoms with Crippen molar-refractivity contribution < 1.29 is 4.79 Å². The first-order chi connectivity index (χ1) is 17.5. The summed E-state index contributed by atoms with van der Waals surface area (Å²) in [7, 11) is 0. The van der Waals surface area contributed by atoms with Crippen LogP contribution in [0.3, 0.4) is 0 Å². The van der Waals surface area contributed by atoms with Crippen LogP contribution in [0.15, 0.2) is 86.0 Å². The Hall–Kier alpha value is -2.81. The Balaban J connectivity index is 1.40. The topological polar surface area (TPSA) is 76.9 Å². The molecule has 0 atom stereocenters. The molecule has 2 heterocycles. The maximum Gasteiger partial charge on any atom is 0.295 e. The molecule has 1 amide bonds. The van der Waals surface area contributed by atoms with Gasteiger partial charge in [0.2, 0.25) is 5.91 Å². The Morgan fingerprint density at radius 2 is 1.81 bits per heavy atom. The minimum atomic E-state index is -0.351. The Morgan fingerprint density at radius 3 is 2.56 bits per heavy atom. The Labute approximate surface area is 224 Å². The van der Waals surface area contributed by atoms with E-state index in [2.05, 4.69) is 33.6 Å². The summed E-state index contributed by atoms with van der Waals surface area (Å²) >= 11 is 9.13. The summed E-state index contributed by atoms with van der Waals surface area (Å²) in [6.45, 7) is 2.24. The summed E-state index contributed by atoms with van der Waals surface area (Å²) in [6.07, 6.45) is 6.43. The van der Waals surface area contributed by atoms with Gasteiger partial charge in [0.05, 0.1) is 4.36 Å². The molecular weight excluding hydrogens is 512 g/mol. The molecule has 0 spiro atoms. The molecule has 3 aromatic rings. The zero-order chi connectivity index (χ0) is 25.3. The maximum absolute atomic E-state index is 12.8. The number of benzene rings is 2. The van der Waals surface area contributed by atoms with E-state index in [9.17, 15) is 9.59 Å². The molecule has 1 aliphatic rings. The number of nitrogens with one attached hydrogen (secondary N) is 1. The molecule has 186 valence electrons. The summed E-state index contributed by atoms with van der Waals surface area (Å²) in [5.41, 5.74) is 3.27. The molecule has 2 aromatic carbocycles. The predicted molar refractivity (Wildman–Crippen MR) is 149 cm³/mol. The van der Waals surface area contributed by atoms with Crippen molar-refractivity contribution in [2.24, 2.45) is 0 Å². The second-order valence-electron chi connectivity index (χ2n) is 8.14. The maximum atomic E-state index is 12.8. The van der Waals surface area contributed by atoms with Crippen molar-refractivity contribution in [3.05, 3.63) is 97.6 Å². The number of thioether (sulfide) groups is 2. The van der Waals surface area contributed by atoms with Gasteiger partial charge in [0, 0.05) is 12.3 Å². The van der Waals surface area contributed by atoms with Crippen molar-refractivity contribution in [3.8, 4) is 11.1 Å². The van der Waals surface area contributed by atoms with E-state index in [0.29, 0.717) is 29.6 Å². The van der Waals surface area contributed by atoms with Crippen LogP contribution in [0.5, 0.6) is 0 Å². The first-order valence-electron chi connectivity index (χ1n) is 11.8. The number of nitrogens with zero attached hydrogens (tertiary/aromatic N) is 3. The fraction of sp³-hybridized carbons (Fsp3) is 0.259. The zero-order valence-corrected chi connectivity index (χ0v) is 22.3. The molecule has 6 nitrogen and oxygen atoms in total. The number of carbonyl (C=O) groups is 1. The summed E-state index contributed by atoms with van der Waals surface area (Å²) < 4.78 is 2.28. The summed E-state index contributed by atoms with van der Waals surface area (Å²) in [6, 6.07) is 18.3. The van der Waals surface area contributed by atoms with Crippen molar-refractivity contribution in [2.75, 3.05) is 5.75 Å². The van der Waals surface area contributed by atoms with Crippen LogP contribution >= 0.6 is 35.1 Å². The summed E-state index contributed by atoms with van der Waals surface area (Å²) in [5.74, 6) is 0.405. The van der Waals surface area contributed by atoms with E-state index in [4.69, 9.17) is 11.6 Å². The summed E-state index contributed by atoms with van der Waals surface area (Å²) in [5, 5.41) is 7.80. The molecule has 0 aliphatic carbocycles. The fourth-order valence-corrected chi connectivity index (χ4v) is 5.85. The molecular formula is C27H27ClN4O2S2.